The number of rotatable bonds is 2. The van der Waals surface area contributed by atoms with Crippen molar-refractivity contribution in [2.45, 2.75) is 26.4 Å². The Morgan fingerprint density at radius 2 is 1.90 bits per heavy atom. The van der Waals surface area contributed by atoms with Crippen LogP contribution in [0.5, 0.6) is 0 Å². The second-order valence-corrected chi connectivity index (χ2v) is 2.25. The van der Waals surface area contributed by atoms with Crippen LogP contribution in [0.1, 0.15) is 20.3 Å². The smallest absolute Gasteiger partial charge is 0.171 e. The SMILES string of the molecule is CC=CCC(C)C(F)(F)F. The van der Waals surface area contributed by atoms with Gasteiger partial charge in [-0.2, -0.15) is 13.2 Å². The van der Waals surface area contributed by atoms with Crippen LogP contribution in [-0.4, -0.2) is 6.18 Å². The summed E-state index contributed by atoms with van der Waals surface area (Å²) >= 11 is 0. The van der Waals surface area contributed by atoms with Crippen molar-refractivity contribution in [1.82, 2.24) is 0 Å². The van der Waals surface area contributed by atoms with E-state index in [-0.39, 0.29) is 6.42 Å². The van der Waals surface area contributed by atoms with Crippen molar-refractivity contribution in [3.63, 3.8) is 0 Å². The molecule has 0 aliphatic carbocycles. The third kappa shape index (κ3) is 3.54. The van der Waals surface area contributed by atoms with E-state index in [9.17, 15) is 13.2 Å². The summed E-state index contributed by atoms with van der Waals surface area (Å²) in [6.45, 7) is 2.89. The van der Waals surface area contributed by atoms with E-state index in [2.05, 4.69) is 0 Å². The molecule has 60 valence electrons. The molecule has 1 atom stereocenters. The van der Waals surface area contributed by atoms with E-state index in [0.717, 1.165) is 0 Å². The average Bonchev–Trinajstić information content (AvgIpc) is 1.80. The predicted molar refractivity (Wildman–Crippen MR) is 34.6 cm³/mol. The maximum Gasteiger partial charge on any atom is 0.391 e. The average molecular weight is 152 g/mol. The Balaban J connectivity index is 3.73. The van der Waals surface area contributed by atoms with E-state index in [1.54, 1.807) is 13.0 Å². The molecule has 0 aromatic heterocycles. The maximum atomic E-state index is 11.7. The first kappa shape index (κ1) is 9.53. The lowest BCUT2D eigenvalue weighted by molar-refractivity contribution is -0.168. The molecule has 0 saturated heterocycles. The number of hydrogen-bond acceptors (Lipinski definition) is 0. The topological polar surface area (TPSA) is 0 Å². The normalized spacial score (nSPS) is 16.1. The van der Waals surface area contributed by atoms with Gasteiger partial charge in [-0.05, 0) is 13.3 Å². The van der Waals surface area contributed by atoms with E-state index in [1.807, 2.05) is 0 Å². The molecule has 0 heterocycles. The molecule has 0 spiro atoms. The Hall–Kier alpha value is -0.470. The van der Waals surface area contributed by atoms with Gasteiger partial charge < -0.3 is 0 Å². The molecule has 0 radical (unpaired) electrons. The molecule has 0 rings (SSSR count). The molecule has 10 heavy (non-hydrogen) atoms. The first-order valence-electron chi connectivity index (χ1n) is 3.16. The zero-order chi connectivity index (χ0) is 8.20. The van der Waals surface area contributed by atoms with Crippen molar-refractivity contribution in [2.75, 3.05) is 0 Å². The van der Waals surface area contributed by atoms with Crippen LogP contribution in [0.2, 0.25) is 0 Å². The molecular weight excluding hydrogens is 141 g/mol. The molecule has 1 unspecified atom stereocenters. The number of alkyl halides is 3. The largest absolute Gasteiger partial charge is 0.391 e. The minimum Gasteiger partial charge on any atom is -0.171 e. The molecular formula is C7H11F3. The van der Waals surface area contributed by atoms with Crippen LogP contribution in [0.25, 0.3) is 0 Å². The summed E-state index contributed by atoms with van der Waals surface area (Å²) in [5.74, 6) is -1.22. The van der Waals surface area contributed by atoms with Crippen LogP contribution in [0.4, 0.5) is 13.2 Å². The summed E-state index contributed by atoms with van der Waals surface area (Å²) in [7, 11) is 0. The van der Waals surface area contributed by atoms with Crippen molar-refractivity contribution in [3.05, 3.63) is 12.2 Å². The summed E-state index contributed by atoms with van der Waals surface area (Å²) in [6, 6.07) is 0. The fourth-order valence-electron chi connectivity index (χ4n) is 0.474. The van der Waals surface area contributed by atoms with Crippen molar-refractivity contribution < 1.29 is 13.2 Å². The highest BCUT2D eigenvalue weighted by atomic mass is 19.4. The van der Waals surface area contributed by atoms with Gasteiger partial charge in [0.2, 0.25) is 0 Å². The van der Waals surface area contributed by atoms with Gasteiger partial charge in [0.15, 0.2) is 0 Å². The maximum absolute atomic E-state index is 11.7. The molecule has 0 aliphatic heterocycles. The van der Waals surface area contributed by atoms with Crippen molar-refractivity contribution in [1.29, 1.82) is 0 Å². The summed E-state index contributed by atoms with van der Waals surface area (Å²) in [4.78, 5) is 0. The first-order chi connectivity index (χ1) is 4.48. The van der Waals surface area contributed by atoms with Crippen LogP contribution in [0.3, 0.4) is 0 Å². The first-order valence-corrected chi connectivity index (χ1v) is 3.16. The van der Waals surface area contributed by atoms with Crippen LogP contribution in [0, 0.1) is 5.92 Å². The number of hydrogen-bond donors (Lipinski definition) is 0. The summed E-state index contributed by atoms with van der Waals surface area (Å²) in [6.07, 6.45) is -0.806. The fraction of sp³-hybridized carbons (Fsp3) is 0.714. The molecule has 0 fully saturated rings. The van der Waals surface area contributed by atoms with Crippen LogP contribution in [0.15, 0.2) is 12.2 Å². The van der Waals surface area contributed by atoms with Gasteiger partial charge in [0.25, 0.3) is 0 Å². The van der Waals surface area contributed by atoms with Crippen LogP contribution >= 0.6 is 0 Å². The standard InChI is InChI=1S/C7H11F3/c1-3-4-5-6(2)7(8,9)10/h3-4,6H,5H2,1-2H3. The third-order valence-corrected chi connectivity index (χ3v) is 1.28. The fourth-order valence-corrected chi connectivity index (χ4v) is 0.474. The summed E-state index contributed by atoms with van der Waals surface area (Å²) < 4.78 is 35.2. The highest BCUT2D eigenvalue weighted by Crippen LogP contribution is 2.28. The molecule has 0 saturated carbocycles. The van der Waals surface area contributed by atoms with Crippen LogP contribution in [-0.2, 0) is 0 Å². The van der Waals surface area contributed by atoms with Gasteiger partial charge in [0, 0.05) is 0 Å². The Bertz CT molecular complexity index is 113. The molecule has 0 bridgehead atoms. The molecule has 0 aromatic rings. The molecule has 0 nitrogen and oxygen atoms in total. The molecule has 0 aromatic carbocycles. The van der Waals surface area contributed by atoms with Gasteiger partial charge in [-0.15, -0.1) is 0 Å². The van der Waals surface area contributed by atoms with Crippen molar-refractivity contribution in [2.24, 2.45) is 5.92 Å². The van der Waals surface area contributed by atoms with E-state index in [0.29, 0.717) is 0 Å². The molecule has 0 amide bonds. The Morgan fingerprint density at radius 3 is 2.20 bits per heavy atom. The molecule has 0 N–H and O–H groups in total. The lowest BCUT2D eigenvalue weighted by Crippen LogP contribution is -2.18. The molecule has 3 heteroatoms. The zero-order valence-electron chi connectivity index (χ0n) is 6.07. The second kappa shape index (κ2) is 3.64. The van der Waals surface area contributed by atoms with E-state index >= 15 is 0 Å². The lowest BCUT2D eigenvalue weighted by atomic mass is 10.1. The second-order valence-electron chi connectivity index (χ2n) is 2.25. The minimum atomic E-state index is -4.04. The van der Waals surface area contributed by atoms with Gasteiger partial charge in [-0.25, -0.2) is 0 Å². The summed E-state index contributed by atoms with van der Waals surface area (Å²) in [5.41, 5.74) is 0. The highest BCUT2D eigenvalue weighted by Gasteiger charge is 2.34. The predicted octanol–water partition coefficient (Wildman–Crippen LogP) is 3.15. The van der Waals surface area contributed by atoms with Crippen LogP contribution < -0.4 is 0 Å². The van der Waals surface area contributed by atoms with E-state index in [4.69, 9.17) is 0 Å². The zero-order valence-corrected chi connectivity index (χ0v) is 6.07. The third-order valence-electron chi connectivity index (χ3n) is 1.28. The quantitative estimate of drug-likeness (QED) is 0.533. The highest BCUT2D eigenvalue weighted by molar-refractivity contribution is 4.81. The van der Waals surface area contributed by atoms with Gasteiger partial charge in [0.05, 0.1) is 5.92 Å². The number of halogens is 3. The van der Waals surface area contributed by atoms with Gasteiger partial charge in [0.1, 0.15) is 0 Å². The Labute approximate surface area is 58.7 Å². The Morgan fingerprint density at radius 1 is 1.40 bits per heavy atom. The van der Waals surface area contributed by atoms with Gasteiger partial charge >= 0.3 is 6.18 Å². The van der Waals surface area contributed by atoms with E-state index in [1.165, 1.54) is 13.0 Å². The molecule has 0 aliphatic rings. The Kier molecular flexibility index (Phi) is 3.47. The summed E-state index contributed by atoms with van der Waals surface area (Å²) in [5, 5.41) is 0. The van der Waals surface area contributed by atoms with Gasteiger partial charge in [-0.3, -0.25) is 0 Å². The minimum absolute atomic E-state index is 0.0833. The van der Waals surface area contributed by atoms with Crippen molar-refractivity contribution >= 4 is 0 Å². The lowest BCUT2D eigenvalue weighted by Gasteiger charge is -2.12. The van der Waals surface area contributed by atoms with Crippen molar-refractivity contribution in [3.8, 4) is 0 Å². The number of allylic oxidation sites excluding steroid dienone is 2. The van der Waals surface area contributed by atoms with Gasteiger partial charge in [-0.1, -0.05) is 19.1 Å². The monoisotopic (exact) mass is 152 g/mol. The van der Waals surface area contributed by atoms with E-state index < -0.39 is 12.1 Å².